The van der Waals surface area contributed by atoms with Gasteiger partial charge in [0.15, 0.2) is 0 Å². The van der Waals surface area contributed by atoms with Gasteiger partial charge in [0.2, 0.25) is 0 Å². The second-order valence-electron chi connectivity index (χ2n) is 3.28. The monoisotopic (exact) mass is 138 g/mol. The topological polar surface area (TPSA) is 0 Å². The van der Waals surface area contributed by atoms with Crippen LogP contribution in [0.3, 0.4) is 0 Å². The van der Waals surface area contributed by atoms with Crippen molar-refractivity contribution < 1.29 is 0 Å². The van der Waals surface area contributed by atoms with Crippen molar-refractivity contribution in [2.75, 3.05) is 0 Å². The van der Waals surface area contributed by atoms with Gasteiger partial charge in [0.1, 0.15) is 0 Å². The van der Waals surface area contributed by atoms with Crippen LogP contribution in [0.1, 0.15) is 39.5 Å². The van der Waals surface area contributed by atoms with E-state index in [9.17, 15) is 0 Å². The highest BCUT2D eigenvalue weighted by molar-refractivity contribution is 5.03. The SMILES string of the molecule is CCCC(CC)C1C=CC1. The van der Waals surface area contributed by atoms with Gasteiger partial charge < -0.3 is 0 Å². The maximum atomic E-state index is 2.38. The lowest BCUT2D eigenvalue weighted by Gasteiger charge is -2.26. The zero-order valence-corrected chi connectivity index (χ0v) is 7.14. The van der Waals surface area contributed by atoms with Crippen LogP contribution in [-0.2, 0) is 0 Å². The van der Waals surface area contributed by atoms with E-state index in [1.165, 1.54) is 25.7 Å². The summed E-state index contributed by atoms with van der Waals surface area (Å²) in [6.45, 7) is 4.59. The molecule has 10 heavy (non-hydrogen) atoms. The third kappa shape index (κ3) is 1.62. The normalized spacial score (nSPS) is 26.0. The number of hydrogen-bond acceptors (Lipinski definition) is 0. The molecule has 0 bridgehead atoms. The van der Waals surface area contributed by atoms with Crippen molar-refractivity contribution in [3.8, 4) is 0 Å². The van der Waals surface area contributed by atoms with Gasteiger partial charge in [-0.25, -0.2) is 0 Å². The lowest BCUT2D eigenvalue weighted by molar-refractivity contribution is 0.337. The van der Waals surface area contributed by atoms with Crippen molar-refractivity contribution in [1.29, 1.82) is 0 Å². The van der Waals surface area contributed by atoms with Crippen molar-refractivity contribution >= 4 is 0 Å². The number of rotatable bonds is 4. The van der Waals surface area contributed by atoms with Crippen LogP contribution in [0.25, 0.3) is 0 Å². The fourth-order valence-corrected chi connectivity index (χ4v) is 1.73. The molecule has 0 radical (unpaired) electrons. The first-order valence-electron chi connectivity index (χ1n) is 4.55. The predicted molar refractivity (Wildman–Crippen MR) is 45.9 cm³/mol. The van der Waals surface area contributed by atoms with E-state index in [0.29, 0.717) is 0 Å². The minimum absolute atomic E-state index is 0.935. The Hall–Kier alpha value is -0.260. The van der Waals surface area contributed by atoms with Gasteiger partial charge in [-0.1, -0.05) is 45.3 Å². The molecule has 0 amide bonds. The summed E-state index contributed by atoms with van der Waals surface area (Å²) in [5, 5.41) is 0. The number of allylic oxidation sites excluding steroid dienone is 2. The molecule has 0 saturated heterocycles. The zero-order valence-electron chi connectivity index (χ0n) is 7.14. The highest BCUT2D eigenvalue weighted by Crippen LogP contribution is 2.30. The van der Waals surface area contributed by atoms with Crippen LogP contribution in [0, 0.1) is 11.8 Å². The van der Waals surface area contributed by atoms with Gasteiger partial charge in [-0.2, -0.15) is 0 Å². The van der Waals surface area contributed by atoms with Crippen molar-refractivity contribution in [1.82, 2.24) is 0 Å². The maximum Gasteiger partial charge on any atom is -0.0171 e. The van der Waals surface area contributed by atoms with E-state index in [1.54, 1.807) is 0 Å². The van der Waals surface area contributed by atoms with E-state index < -0.39 is 0 Å². The Morgan fingerprint density at radius 2 is 2.20 bits per heavy atom. The summed E-state index contributed by atoms with van der Waals surface area (Å²) in [5.41, 5.74) is 0. The first-order valence-corrected chi connectivity index (χ1v) is 4.55. The predicted octanol–water partition coefficient (Wildman–Crippen LogP) is 3.39. The van der Waals surface area contributed by atoms with E-state index in [4.69, 9.17) is 0 Å². The fourth-order valence-electron chi connectivity index (χ4n) is 1.73. The van der Waals surface area contributed by atoms with E-state index in [0.717, 1.165) is 11.8 Å². The van der Waals surface area contributed by atoms with Gasteiger partial charge in [-0.3, -0.25) is 0 Å². The molecule has 1 rings (SSSR count). The van der Waals surface area contributed by atoms with Crippen LogP contribution in [0.2, 0.25) is 0 Å². The molecule has 0 heteroatoms. The largest absolute Gasteiger partial charge is 0.0876 e. The summed E-state index contributed by atoms with van der Waals surface area (Å²) >= 11 is 0. The molecule has 2 unspecified atom stereocenters. The summed E-state index contributed by atoms with van der Waals surface area (Å²) in [4.78, 5) is 0. The molecule has 0 spiro atoms. The minimum atomic E-state index is 0.935. The van der Waals surface area contributed by atoms with Crippen LogP contribution >= 0.6 is 0 Å². The third-order valence-corrected chi connectivity index (χ3v) is 2.58. The summed E-state index contributed by atoms with van der Waals surface area (Å²) in [6.07, 6.45) is 10.2. The fraction of sp³-hybridized carbons (Fsp3) is 0.800. The molecule has 0 heterocycles. The van der Waals surface area contributed by atoms with Crippen molar-refractivity contribution in [2.45, 2.75) is 39.5 Å². The van der Waals surface area contributed by atoms with Crippen molar-refractivity contribution in [3.63, 3.8) is 0 Å². The van der Waals surface area contributed by atoms with Crippen LogP contribution < -0.4 is 0 Å². The molecule has 1 aliphatic carbocycles. The molecular weight excluding hydrogens is 120 g/mol. The Bertz CT molecular complexity index is 113. The number of hydrogen-bond donors (Lipinski definition) is 0. The Morgan fingerprint density at radius 1 is 1.50 bits per heavy atom. The van der Waals surface area contributed by atoms with Gasteiger partial charge in [0.25, 0.3) is 0 Å². The minimum Gasteiger partial charge on any atom is -0.0876 e. The summed E-state index contributed by atoms with van der Waals surface area (Å²) < 4.78 is 0. The molecule has 0 N–H and O–H groups in total. The molecule has 0 saturated carbocycles. The molecule has 2 atom stereocenters. The molecule has 58 valence electrons. The third-order valence-electron chi connectivity index (χ3n) is 2.58. The van der Waals surface area contributed by atoms with Crippen LogP contribution in [0.15, 0.2) is 12.2 Å². The highest BCUT2D eigenvalue weighted by Gasteiger charge is 2.19. The highest BCUT2D eigenvalue weighted by atomic mass is 14.2. The Balaban J connectivity index is 2.25. The first-order chi connectivity index (χ1) is 4.88. The molecule has 0 aromatic rings. The van der Waals surface area contributed by atoms with Gasteiger partial charge in [0.05, 0.1) is 0 Å². The van der Waals surface area contributed by atoms with Crippen LogP contribution in [0.5, 0.6) is 0 Å². The van der Waals surface area contributed by atoms with Crippen LogP contribution in [-0.4, -0.2) is 0 Å². The Labute approximate surface area is 64.3 Å². The van der Waals surface area contributed by atoms with Crippen LogP contribution in [0.4, 0.5) is 0 Å². The van der Waals surface area contributed by atoms with E-state index in [-0.39, 0.29) is 0 Å². The van der Waals surface area contributed by atoms with Gasteiger partial charge >= 0.3 is 0 Å². The zero-order chi connectivity index (χ0) is 7.40. The van der Waals surface area contributed by atoms with E-state index in [1.807, 2.05) is 0 Å². The standard InChI is InChI=1S/C10H18/c1-3-6-9(4-2)10-7-5-8-10/h5,7,9-10H,3-4,6,8H2,1-2H3. The molecule has 0 aromatic heterocycles. The second-order valence-corrected chi connectivity index (χ2v) is 3.28. The molecular formula is C10H18. The smallest absolute Gasteiger partial charge is 0.0171 e. The molecule has 0 nitrogen and oxygen atoms in total. The lowest BCUT2D eigenvalue weighted by Crippen LogP contribution is -2.15. The van der Waals surface area contributed by atoms with Gasteiger partial charge in [-0.05, 0) is 18.3 Å². The molecule has 0 aromatic carbocycles. The second kappa shape index (κ2) is 3.80. The quantitative estimate of drug-likeness (QED) is 0.522. The van der Waals surface area contributed by atoms with Gasteiger partial charge in [-0.15, -0.1) is 0 Å². The molecule has 0 fully saturated rings. The summed E-state index contributed by atoms with van der Waals surface area (Å²) in [5.74, 6) is 1.92. The average molecular weight is 138 g/mol. The van der Waals surface area contributed by atoms with E-state index >= 15 is 0 Å². The first kappa shape index (κ1) is 7.84. The van der Waals surface area contributed by atoms with E-state index in [2.05, 4.69) is 26.0 Å². The Morgan fingerprint density at radius 3 is 2.50 bits per heavy atom. The average Bonchev–Trinajstić information content (AvgIpc) is 1.83. The lowest BCUT2D eigenvalue weighted by atomic mass is 9.79. The Kier molecular flexibility index (Phi) is 2.98. The molecule has 1 aliphatic rings. The van der Waals surface area contributed by atoms with Crippen molar-refractivity contribution in [2.24, 2.45) is 11.8 Å². The molecule has 0 aliphatic heterocycles. The summed E-state index contributed by atoms with van der Waals surface area (Å²) in [7, 11) is 0. The maximum absolute atomic E-state index is 2.38. The summed E-state index contributed by atoms with van der Waals surface area (Å²) in [6, 6.07) is 0. The van der Waals surface area contributed by atoms with Gasteiger partial charge in [0, 0.05) is 0 Å². The van der Waals surface area contributed by atoms with Crippen molar-refractivity contribution in [3.05, 3.63) is 12.2 Å².